The number of aliphatic imine (C=N–C) groups is 1. The smallest absolute Gasteiger partial charge is 0.291 e. The third kappa shape index (κ3) is 3.93. The summed E-state index contributed by atoms with van der Waals surface area (Å²) in [5.41, 5.74) is 4.49. The number of para-hydroxylation sites is 1. The van der Waals surface area contributed by atoms with Crippen LogP contribution in [0.25, 0.3) is 0 Å². The number of nitrogens with one attached hydrogen (secondary N) is 1. The zero-order valence-corrected chi connectivity index (χ0v) is 17.9. The van der Waals surface area contributed by atoms with Gasteiger partial charge in [-0.2, -0.15) is 0 Å². The summed E-state index contributed by atoms with van der Waals surface area (Å²) in [5.74, 6) is 1.11. The van der Waals surface area contributed by atoms with E-state index in [4.69, 9.17) is 9.47 Å². The van der Waals surface area contributed by atoms with Crippen molar-refractivity contribution in [2.24, 2.45) is 4.99 Å². The molecule has 1 N–H and O–H groups in total. The molecule has 2 aromatic carbocycles. The van der Waals surface area contributed by atoms with Gasteiger partial charge < -0.3 is 14.4 Å². The van der Waals surface area contributed by atoms with Crippen LogP contribution >= 0.6 is 0 Å². The number of amides is 2. The first-order valence-electron chi connectivity index (χ1n) is 10.3. The molecule has 0 spiro atoms. The van der Waals surface area contributed by atoms with Gasteiger partial charge in [-0.3, -0.25) is 15.0 Å². The lowest BCUT2D eigenvalue weighted by atomic mass is 10.0. The lowest BCUT2D eigenvalue weighted by Crippen LogP contribution is -2.58. The summed E-state index contributed by atoms with van der Waals surface area (Å²) in [5, 5.41) is 1.39. The van der Waals surface area contributed by atoms with Crippen LogP contribution in [0.4, 0.5) is 5.69 Å². The molecule has 2 heterocycles. The number of methoxy groups -OCH3 is 2. The van der Waals surface area contributed by atoms with E-state index in [0.717, 1.165) is 18.4 Å². The summed E-state index contributed by atoms with van der Waals surface area (Å²) in [4.78, 5) is 32.3. The third-order valence-corrected chi connectivity index (χ3v) is 5.64. The molecule has 8 nitrogen and oxygen atoms in total. The summed E-state index contributed by atoms with van der Waals surface area (Å²) in [6.45, 7) is 2.29. The second-order valence-corrected chi connectivity index (χ2v) is 7.54. The zero-order chi connectivity index (χ0) is 22.0. The van der Waals surface area contributed by atoms with Crippen molar-refractivity contribution >= 4 is 23.3 Å². The predicted molar refractivity (Wildman–Crippen MR) is 117 cm³/mol. The number of ether oxygens (including phenoxy) is 2. The van der Waals surface area contributed by atoms with Gasteiger partial charge >= 0.3 is 0 Å². The van der Waals surface area contributed by atoms with Crippen molar-refractivity contribution in [2.75, 3.05) is 25.8 Å². The summed E-state index contributed by atoms with van der Waals surface area (Å²) in [7, 11) is 3.23. The minimum Gasteiger partial charge on any atom is -0.497 e. The highest BCUT2D eigenvalue weighted by atomic mass is 16.5. The third-order valence-electron chi connectivity index (χ3n) is 5.64. The summed E-state index contributed by atoms with van der Waals surface area (Å²) < 4.78 is 10.9. The minimum absolute atomic E-state index is 0.157. The van der Waals surface area contributed by atoms with E-state index in [-0.39, 0.29) is 23.7 Å². The average molecular weight is 422 g/mol. The van der Waals surface area contributed by atoms with Gasteiger partial charge in [-0.15, -0.1) is 0 Å². The molecule has 162 valence electrons. The Bertz CT molecular complexity index is 1010. The highest BCUT2D eigenvalue weighted by Gasteiger charge is 2.38. The number of rotatable bonds is 5. The second-order valence-electron chi connectivity index (χ2n) is 7.54. The number of carbonyl (C=O) groups is 2. The molecule has 31 heavy (non-hydrogen) atoms. The van der Waals surface area contributed by atoms with Gasteiger partial charge in [0.05, 0.1) is 25.9 Å². The standard InChI is InChI=1S/C23H26N4O4/c1-15-22(28)27(16-8-5-4-6-9-16)25-21(24-15)23(29)26-13-7-10-19(26)18-14-17(30-2)11-12-20(18)31-3/h4-6,8-9,11-12,14-15,19H,7,10,13H2,1-3H3,(H,24,25). The van der Waals surface area contributed by atoms with Crippen LogP contribution in [0.2, 0.25) is 0 Å². The van der Waals surface area contributed by atoms with E-state index in [1.165, 1.54) is 5.01 Å². The number of benzene rings is 2. The molecule has 2 aliphatic rings. The predicted octanol–water partition coefficient (Wildman–Crippen LogP) is 2.71. The fourth-order valence-corrected chi connectivity index (χ4v) is 4.07. The largest absolute Gasteiger partial charge is 0.497 e. The SMILES string of the molecule is COc1ccc(OC)c(C2CCCN2C(=O)C2=NC(C)C(=O)N(c3ccccc3)N2)c1. The fraction of sp³-hybridized carbons (Fsp3) is 0.348. The molecule has 4 rings (SSSR count). The van der Waals surface area contributed by atoms with Crippen LogP contribution in [0, 0.1) is 0 Å². The molecular weight excluding hydrogens is 396 g/mol. The Hall–Kier alpha value is -3.55. The van der Waals surface area contributed by atoms with E-state index in [0.29, 0.717) is 23.7 Å². The Kier molecular flexibility index (Phi) is 5.79. The van der Waals surface area contributed by atoms with Crippen molar-refractivity contribution in [3.8, 4) is 11.5 Å². The van der Waals surface area contributed by atoms with Gasteiger partial charge in [-0.1, -0.05) is 18.2 Å². The fourth-order valence-electron chi connectivity index (χ4n) is 4.07. The molecule has 0 aromatic heterocycles. The normalized spacial score (nSPS) is 20.9. The molecule has 8 heteroatoms. The number of hydrogen-bond acceptors (Lipinski definition) is 6. The monoisotopic (exact) mass is 422 g/mol. The van der Waals surface area contributed by atoms with Crippen LogP contribution in [0.3, 0.4) is 0 Å². The molecule has 2 aliphatic heterocycles. The van der Waals surface area contributed by atoms with E-state index in [1.54, 1.807) is 26.0 Å². The first kappa shape index (κ1) is 20.7. The summed E-state index contributed by atoms with van der Waals surface area (Å²) in [6, 6.07) is 13.9. The van der Waals surface area contributed by atoms with Gasteiger partial charge in [-0.25, -0.2) is 10.0 Å². The maximum atomic E-state index is 13.5. The molecule has 2 aromatic rings. The zero-order valence-electron chi connectivity index (χ0n) is 17.9. The molecule has 1 fully saturated rings. The Morgan fingerprint density at radius 1 is 1.13 bits per heavy atom. The topological polar surface area (TPSA) is 83.5 Å². The number of hydrazine groups is 1. The van der Waals surface area contributed by atoms with Gasteiger partial charge in [0.1, 0.15) is 17.5 Å². The van der Waals surface area contributed by atoms with Crippen molar-refractivity contribution in [1.29, 1.82) is 0 Å². The van der Waals surface area contributed by atoms with Crippen molar-refractivity contribution < 1.29 is 19.1 Å². The first-order valence-corrected chi connectivity index (χ1v) is 10.3. The molecule has 2 amide bonds. The minimum atomic E-state index is -0.659. The number of anilines is 1. The van der Waals surface area contributed by atoms with Crippen LogP contribution in [0.15, 0.2) is 53.5 Å². The summed E-state index contributed by atoms with van der Waals surface area (Å²) >= 11 is 0. The molecule has 0 saturated carbocycles. The van der Waals surface area contributed by atoms with E-state index >= 15 is 0 Å². The highest BCUT2D eigenvalue weighted by Crippen LogP contribution is 2.39. The van der Waals surface area contributed by atoms with E-state index in [2.05, 4.69) is 10.4 Å². The second kappa shape index (κ2) is 8.67. The number of likely N-dealkylation sites (tertiary alicyclic amines) is 1. The van der Waals surface area contributed by atoms with Crippen LogP contribution in [0.1, 0.15) is 31.4 Å². The van der Waals surface area contributed by atoms with Crippen LogP contribution in [-0.4, -0.2) is 49.4 Å². The lowest BCUT2D eigenvalue weighted by molar-refractivity contribution is -0.125. The van der Waals surface area contributed by atoms with Crippen molar-refractivity contribution in [1.82, 2.24) is 10.3 Å². The molecule has 2 unspecified atom stereocenters. The average Bonchev–Trinajstić information content (AvgIpc) is 3.30. The number of nitrogens with zero attached hydrogens (tertiary/aromatic N) is 3. The molecule has 2 atom stereocenters. The van der Waals surface area contributed by atoms with Gasteiger partial charge in [0.25, 0.3) is 11.8 Å². The Balaban J connectivity index is 1.63. The van der Waals surface area contributed by atoms with Crippen LogP contribution < -0.4 is 19.9 Å². The summed E-state index contributed by atoms with van der Waals surface area (Å²) in [6.07, 6.45) is 1.67. The van der Waals surface area contributed by atoms with Gasteiger partial charge in [0.2, 0.25) is 5.84 Å². The number of carbonyl (C=O) groups excluding carboxylic acids is 2. The molecule has 1 saturated heterocycles. The number of amidine groups is 1. The Labute approximate surface area is 181 Å². The van der Waals surface area contributed by atoms with Gasteiger partial charge in [0.15, 0.2) is 0 Å². The first-order chi connectivity index (χ1) is 15.0. The van der Waals surface area contributed by atoms with E-state index < -0.39 is 6.04 Å². The quantitative estimate of drug-likeness (QED) is 0.801. The highest BCUT2D eigenvalue weighted by molar-refractivity contribution is 6.39. The van der Waals surface area contributed by atoms with Crippen molar-refractivity contribution in [3.05, 3.63) is 54.1 Å². The Morgan fingerprint density at radius 3 is 2.61 bits per heavy atom. The van der Waals surface area contributed by atoms with Crippen molar-refractivity contribution in [2.45, 2.75) is 31.8 Å². The molecule has 0 aliphatic carbocycles. The molecule has 0 radical (unpaired) electrons. The molecule has 0 bridgehead atoms. The van der Waals surface area contributed by atoms with Crippen LogP contribution in [-0.2, 0) is 9.59 Å². The molecular formula is C23H26N4O4. The van der Waals surface area contributed by atoms with Gasteiger partial charge in [0, 0.05) is 12.1 Å². The van der Waals surface area contributed by atoms with Crippen LogP contribution in [0.5, 0.6) is 11.5 Å². The van der Waals surface area contributed by atoms with E-state index in [1.807, 2.05) is 48.5 Å². The van der Waals surface area contributed by atoms with E-state index in [9.17, 15) is 9.59 Å². The lowest BCUT2D eigenvalue weighted by Gasteiger charge is -2.33. The van der Waals surface area contributed by atoms with Crippen molar-refractivity contribution in [3.63, 3.8) is 0 Å². The van der Waals surface area contributed by atoms with Gasteiger partial charge in [-0.05, 0) is 50.1 Å². The maximum Gasteiger partial charge on any atom is 0.291 e. The Morgan fingerprint density at radius 2 is 1.90 bits per heavy atom. The number of hydrogen-bond donors (Lipinski definition) is 1. The maximum absolute atomic E-state index is 13.5.